The summed E-state index contributed by atoms with van der Waals surface area (Å²) in [6.45, 7) is 5.98. The average Bonchev–Trinajstić information content (AvgIpc) is 2.80. The number of hydrogen-bond donors (Lipinski definition) is 1. The van der Waals surface area contributed by atoms with Crippen molar-refractivity contribution in [2.45, 2.75) is 70.8 Å². The fourth-order valence-electron chi connectivity index (χ4n) is 4.25. The molecule has 6 heteroatoms. The van der Waals surface area contributed by atoms with Crippen LogP contribution in [-0.4, -0.2) is 24.6 Å². The molecule has 1 aliphatic carbocycles. The van der Waals surface area contributed by atoms with Gasteiger partial charge in [-0.3, -0.25) is 4.79 Å². The van der Waals surface area contributed by atoms with Gasteiger partial charge >= 0.3 is 5.97 Å². The number of carbonyl (C=O) groups excluding carboxylic acids is 2. The third kappa shape index (κ3) is 5.26. The molecular formula is C26H32ClNO4. The topological polar surface area (TPSA) is 64.6 Å². The Morgan fingerprint density at radius 2 is 1.81 bits per heavy atom. The molecule has 0 saturated heterocycles. The lowest BCUT2D eigenvalue weighted by atomic mass is 9.68. The largest absolute Gasteiger partial charge is 0.490 e. The van der Waals surface area contributed by atoms with E-state index >= 15 is 0 Å². The SMILES string of the molecule is CCOC(=O)c1cc(NC(=O)C2(c3ccccc3Cl)CCCCC2)ccc1O[C@H](C)CC. The Labute approximate surface area is 195 Å². The first-order valence-electron chi connectivity index (χ1n) is 11.5. The van der Waals surface area contributed by atoms with Crippen molar-refractivity contribution in [3.8, 4) is 5.75 Å². The first-order chi connectivity index (χ1) is 15.4. The van der Waals surface area contributed by atoms with Gasteiger partial charge in [-0.15, -0.1) is 0 Å². The number of halogens is 1. The van der Waals surface area contributed by atoms with Gasteiger partial charge in [0.05, 0.1) is 18.1 Å². The maximum atomic E-state index is 13.6. The molecule has 172 valence electrons. The van der Waals surface area contributed by atoms with Gasteiger partial charge in [0.1, 0.15) is 11.3 Å². The summed E-state index contributed by atoms with van der Waals surface area (Å²) in [6, 6.07) is 12.7. The number of carbonyl (C=O) groups is 2. The number of esters is 1. The quantitative estimate of drug-likeness (QED) is 0.457. The Bertz CT molecular complexity index is 953. The molecule has 1 N–H and O–H groups in total. The zero-order valence-corrected chi connectivity index (χ0v) is 19.8. The van der Waals surface area contributed by atoms with Crippen molar-refractivity contribution in [2.24, 2.45) is 0 Å². The lowest BCUT2D eigenvalue weighted by Gasteiger charge is -2.37. The van der Waals surface area contributed by atoms with Gasteiger partial charge in [-0.25, -0.2) is 4.79 Å². The van der Waals surface area contributed by atoms with Gasteiger partial charge in [-0.05, 0) is 62.9 Å². The van der Waals surface area contributed by atoms with E-state index in [0.29, 0.717) is 22.0 Å². The van der Waals surface area contributed by atoms with Crippen LogP contribution in [0, 0.1) is 0 Å². The zero-order valence-electron chi connectivity index (χ0n) is 19.1. The van der Waals surface area contributed by atoms with E-state index in [2.05, 4.69) is 5.32 Å². The zero-order chi connectivity index (χ0) is 23.1. The first kappa shape index (κ1) is 24.1. The average molecular weight is 458 g/mol. The van der Waals surface area contributed by atoms with Crippen molar-refractivity contribution >= 4 is 29.2 Å². The van der Waals surface area contributed by atoms with Crippen LogP contribution in [0.4, 0.5) is 5.69 Å². The minimum Gasteiger partial charge on any atom is -0.490 e. The minimum absolute atomic E-state index is 0.0469. The van der Waals surface area contributed by atoms with E-state index in [1.54, 1.807) is 25.1 Å². The molecule has 5 nitrogen and oxygen atoms in total. The van der Waals surface area contributed by atoms with Gasteiger partial charge in [0.25, 0.3) is 0 Å². The third-order valence-corrected chi connectivity index (χ3v) is 6.50. The molecule has 2 aromatic rings. The van der Waals surface area contributed by atoms with Crippen molar-refractivity contribution < 1.29 is 19.1 Å². The van der Waals surface area contributed by atoms with Crippen LogP contribution in [0.3, 0.4) is 0 Å². The Hall–Kier alpha value is -2.53. The molecule has 1 saturated carbocycles. The second-order valence-electron chi connectivity index (χ2n) is 8.34. The molecule has 32 heavy (non-hydrogen) atoms. The molecule has 0 bridgehead atoms. The molecule has 1 amide bonds. The number of nitrogens with one attached hydrogen (secondary N) is 1. The molecule has 0 spiro atoms. The molecule has 0 aliphatic heterocycles. The summed E-state index contributed by atoms with van der Waals surface area (Å²) >= 11 is 6.52. The number of ether oxygens (including phenoxy) is 2. The van der Waals surface area contributed by atoms with Crippen LogP contribution in [0.15, 0.2) is 42.5 Å². The molecular weight excluding hydrogens is 426 g/mol. The van der Waals surface area contributed by atoms with E-state index in [0.717, 1.165) is 44.1 Å². The van der Waals surface area contributed by atoms with Crippen LogP contribution in [0.1, 0.15) is 75.2 Å². The highest BCUT2D eigenvalue weighted by Crippen LogP contribution is 2.43. The maximum absolute atomic E-state index is 13.6. The summed E-state index contributed by atoms with van der Waals surface area (Å²) in [4.78, 5) is 26.2. The maximum Gasteiger partial charge on any atom is 0.341 e. The fourth-order valence-corrected chi connectivity index (χ4v) is 4.57. The second-order valence-corrected chi connectivity index (χ2v) is 8.75. The van der Waals surface area contributed by atoms with Crippen molar-refractivity contribution in [1.82, 2.24) is 0 Å². The van der Waals surface area contributed by atoms with E-state index in [-0.39, 0.29) is 18.6 Å². The molecule has 0 unspecified atom stereocenters. The lowest BCUT2D eigenvalue weighted by Crippen LogP contribution is -2.42. The van der Waals surface area contributed by atoms with Gasteiger partial charge in [-0.2, -0.15) is 0 Å². The standard InChI is InChI=1S/C26H32ClNO4/c1-4-18(3)32-23-14-13-19(17-20(23)24(29)31-5-2)28-25(30)26(15-9-6-10-16-26)21-11-7-8-12-22(21)27/h7-8,11-14,17-18H,4-6,9-10,15-16H2,1-3H3,(H,28,30)/t18-/m1/s1. The molecule has 1 aliphatic rings. The van der Waals surface area contributed by atoms with Crippen LogP contribution in [0.2, 0.25) is 5.02 Å². The van der Waals surface area contributed by atoms with E-state index in [4.69, 9.17) is 21.1 Å². The highest BCUT2D eigenvalue weighted by molar-refractivity contribution is 6.31. The van der Waals surface area contributed by atoms with Crippen LogP contribution < -0.4 is 10.1 Å². The van der Waals surface area contributed by atoms with Crippen LogP contribution in [0.5, 0.6) is 5.75 Å². The molecule has 2 aromatic carbocycles. The normalized spacial score (nSPS) is 16.1. The summed E-state index contributed by atoms with van der Waals surface area (Å²) in [5.74, 6) is -0.120. The fraction of sp³-hybridized carbons (Fsp3) is 0.462. The highest BCUT2D eigenvalue weighted by atomic mass is 35.5. The summed E-state index contributed by atoms with van der Waals surface area (Å²) in [6.07, 6.45) is 5.28. The second kappa shape index (κ2) is 10.9. The van der Waals surface area contributed by atoms with E-state index in [1.165, 1.54) is 0 Å². The molecule has 1 fully saturated rings. The third-order valence-electron chi connectivity index (χ3n) is 6.17. The predicted molar refractivity (Wildman–Crippen MR) is 128 cm³/mol. The van der Waals surface area contributed by atoms with Crippen LogP contribution in [0.25, 0.3) is 0 Å². The van der Waals surface area contributed by atoms with E-state index in [9.17, 15) is 9.59 Å². The Morgan fingerprint density at radius 1 is 1.09 bits per heavy atom. The van der Waals surface area contributed by atoms with Gasteiger partial charge in [0.2, 0.25) is 5.91 Å². The van der Waals surface area contributed by atoms with Crippen LogP contribution >= 0.6 is 11.6 Å². The highest BCUT2D eigenvalue weighted by Gasteiger charge is 2.42. The number of hydrogen-bond acceptors (Lipinski definition) is 4. The number of benzene rings is 2. The van der Waals surface area contributed by atoms with Crippen molar-refractivity contribution in [2.75, 3.05) is 11.9 Å². The molecule has 0 aromatic heterocycles. The smallest absolute Gasteiger partial charge is 0.341 e. The lowest BCUT2D eigenvalue weighted by molar-refractivity contribution is -0.122. The van der Waals surface area contributed by atoms with Crippen molar-refractivity contribution in [1.29, 1.82) is 0 Å². The summed E-state index contributed by atoms with van der Waals surface area (Å²) < 4.78 is 11.1. The monoisotopic (exact) mass is 457 g/mol. The van der Waals surface area contributed by atoms with Gasteiger partial charge in [0, 0.05) is 10.7 Å². The molecule has 3 rings (SSSR count). The molecule has 1 atom stereocenters. The van der Waals surface area contributed by atoms with Crippen LogP contribution in [-0.2, 0) is 14.9 Å². The Morgan fingerprint density at radius 3 is 2.47 bits per heavy atom. The summed E-state index contributed by atoms with van der Waals surface area (Å²) in [5.41, 5.74) is 1.01. The predicted octanol–water partition coefficient (Wildman–Crippen LogP) is 6.53. The van der Waals surface area contributed by atoms with Gasteiger partial charge < -0.3 is 14.8 Å². The summed E-state index contributed by atoms with van der Waals surface area (Å²) in [7, 11) is 0. The number of anilines is 1. The minimum atomic E-state index is -0.688. The first-order valence-corrected chi connectivity index (χ1v) is 11.8. The summed E-state index contributed by atoms with van der Waals surface area (Å²) in [5, 5.41) is 3.65. The van der Waals surface area contributed by atoms with Crippen molar-refractivity contribution in [3.05, 3.63) is 58.6 Å². The molecule has 0 radical (unpaired) electrons. The Kier molecular flexibility index (Phi) is 8.19. The van der Waals surface area contributed by atoms with Gasteiger partial charge in [0.15, 0.2) is 0 Å². The number of rotatable bonds is 8. The van der Waals surface area contributed by atoms with Gasteiger partial charge in [-0.1, -0.05) is 56.0 Å². The van der Waals surface area contributed by atoms with Crippen molar-refractivity contribution in [3.63, 3.8) is 0 Å². The van der Waals surface area contributed by atoms with E-state index in [1.807, 2.05) is 38.1 Å². The molecule has 0 heterocycles. The number of amides is 1. The van der Waals surface area contributed by atoms with E-state index < -0.39 is 11.4 Å². The Balaban J connectivity index is 1.93.